The van der Waals surface area contributed by atoms with Gasteiger partial charge in [-0.2, -0.15) is 0 Å². The van der Waals surface area contributed by atoms with Crippen LogP contribution in [0, 0.1) is 12.3 Å². The number of carbonyl (C=O) groups excluding carboxylic acids is 1. The van der Waals surface area contributed by atoms with Gasteiger partial charge in [-0.05, 0) is 72.2 Å². The molecule has 0 radical (unpaired) electrons. The summed E-state index contributed by atoms with van der Waals surface area (Å²) in [6.45, 7) is 3.36. The number of benzene rings is 2. The summed E-state index contributed by atoms with van der Waals surface area (Å²) in [4.78, 5) is 16.2. The first-order valence-corrected chi connectivity index (χ1v) is 12.4. The zero-order valence-corrected chi connectivity index (χ0v) is 20.0. The molecule has 3 aromatic rings. The maximum absolute atomic E-state index is 14.2. The van der Waals surface area contributed by atoms with Gasteiger partial charge in [-0.25, -0.2) is 17.6 Å². The van der Waals surface area contributed by atoms with Gasteiger partial charge in [-0.3, -0.25) is 9.69 Å². The first-order valence-electron chi connectivity index (χ1n) is 12.4. The van der Waals surface area contributed by atoms with Gasteiger partial charge in [0.05, 0.1) is 5.92 Å². The second-order valence-electron chi connectivity index (χ2n) is 11.0. The molecule has 1 N–H and O–H groups in total. The predicted molar refractivity (Wildman–Crippen MR) is 127 cm³/mol. The average molecular weight is 501 g/mol. The lowest BCUT2D eigenvalue weighted by Crippen LogP contribution is -2.53. The van der Waals surface area contributed by atoms with Crippen LogP contribution in [0.3, 0.4) is 0 Å². The molecule has 1 saturated heterocycles. The number of hydrogen-bond acceptors (Lipinski definition) is 3. The second-order valence-corrected chi connectivity index (χ2v) is 11.0. The highest BCUT2D eigenvalue weighted by atomic mass is 19.3. The number of aryl methyl sites for hydroxylation is 1. The summed E-state index contributed by atoms with van der Waals surface area (Å²) in [5, 5.41) is 0.941. The van der Waals surface area contributed by atoms with Crippen LogP contribution in [0.2, 0.25) is 0 Å². The SMILES string of the molecule is Cc1cc(C2CC2(F)F)c(CN2CCC3(C[C@H]2c2ccc(OC=O)cc2)CC(F)(F)C3)c2cc[nH]c12. The normalized spacial score (nSPS) is 26.0. The molecule has 2 heterocycles. The van der Waals surface area contributed by atoms with Crippen LogP contribution in [0.5, 0.6) is 5.75 Å². The topological polar surface area (TPSA) is 45.3 Å². The van der Waals surface area contributed by atoms with Crippen molar-refractivity contribution in [1.82, 2.24) is 9.88 Å². The average Bonchev–Trinajstić information content (AvgIpc) is 3.19. The van der Waals surface area contributed by atoms with Crippen molar-refractivity contribution in [2.24, 2.45) is 5.41 Å². The molecule has 190 valence electrons. The third kappa shape index (κ3) is 3.99. The maximum Gasteiger partial charge on any atom is 0.298 e. The number of nitrogens with one attached hydrogen (secondary N) is 1. The number of aromatic nitrogens is 1. The lowest BCUT2D eigenvalue weighted by atomic mass is 9.59. The molecule has 1 aromatic heterocycles. The fourth-order valence-corrected chi connectivity index (χ4v) is 6.62. The van der Waals surface area contributed by atoms with E-state index in [1.807, 2.05) is 37.4 Å². The Labute approximate surface area is 206 Å². The highest BCUT2D eigenvalue weighted by molar-refractivity contribution is 5.87. The summed E-state index contributed by atoms with van der Waals surface area (Å²) < 4.78 is 61.3. The lowest BCUT2D eigenvalue weighted by molar-refractivity contribution is -0.186. The van der Waals surface area contributed by atoms with Crippen molar-refractivity contribution in [2.75, 3.05) is 6.54 Å². The zero-order valence-electron chi connectivity index (χ0n) is 20.0. The Hall–Kier alpha value is -2.87. The van der Waals surface area contributed by atoms with Gasteiger partial charge < -0.3 is 9.72 Å². The Balaban J connectivity index is 1.37. The minimum absolute atomic E-state index is 0.108. The van der Waals surface area contributed by atoms with Crippen LogP contribution in [0.25, 0.3) is 10.9 Å². The number of nitrogens with zero attached hydrogens (tertiary/aromatic N) is 1. The van der Waals surface area contributed by atoms with Crippen molar-refractivity contribution in [3.8, 4) is 5.75 Å². The van der Waals surface area contributed by atoms with E-state index in [2.05, 4.69) is 9.88 Å². The third-order valence-electron chi connectivity index (χ3n) is 8.46. The molecule has 1 aliphatic heterocycles. The van der Waals surface area contributed by atoms with E-state index in [0.717, 1.165) is 27.6 Å². The van der Waals surface area contributed by atoms with Gasteiger partial charge in [-0.1, -0.05) is 18.2 Å². The van der Waals surface area contributed by atoms with Gasteiger partial charge in [0.25, 0.3) is 12.4 Å². The smallest absolute Gasteiger partial charge is 0.298 e. The van der Waals surface area contributed by atoms with Crippen LogP contribution in [0.15, 0.2) is 42.6 Å². The van der Waals surface area contributed by atoms with Gasteiger partial charge in [0, 0.05) is 48.9 Å². The van der Waals surface area contributed by atoms with Crippen LogP contribution in [0.1, 0.15) is 66.3 Å². The van der Waals surface area contributed by atoms with E-state index in [0.29, 0.717) is 43.7 Å². The highest BCUT2D eigenvalue weighted by Gasteiger charge is 2.60. The molecule has 0 bridgehead atoms. The van der Waals surface area contributed by atoms with Gasteiger partial charge in [-0.15, -0.1) is 0 Å². The molecule has 3 aliphatic rings. The Morgan fingerprint density at radius 2 is 1.83 bits per heavy atom. The molecular formula is C28H28F4N2O2. The van der Waals surface area contributed by atoms with Gasteiger partial charge in [0.15, 0.2) is 0 Å². The van der Waals surface area contributed by atoms with Gasteiger partial charge in [0.1, 0.15) is 5.75 Å². The number of rotatable bonds is 6. The van der Waals surface area contributed by atoms with Crippen molar-refractivity contribution in [3.05, 3.63) is 64.8 Å². The molecule has 4 nitrogen and oxygen atoms in total. The van der Waals surface area contributed by atoms with Crippen LogP contribution < -0.4 is 4.74 Å². The number of likely N-dealkylation sites (tertiary alicyclic amines) is 1. The third-order valence-corrected chi connectivity index (χ3v) is 8.46. The van der Waals surface area contributed by atoms with Gasteiger partial charge in [0.2, 0.25) is 5.92 Å². The Bertz CT molecular complexity index is 1310. The van der Waals surface area contributed by atoms with Crippen LogP contribution >= 0.6 is 0 Å². The lowest BCUT2D eigenvalue weighted by Gasteiger charge is -2.54. The Kier molecular flexibility index (Phi) is 5.27. The Morgan fingerprint density at radius 3 is 2.47 bits per heavy atom. The number of H-pyrrole nitrogens is 1. The quantitative estimate of drug-likeness (QED) is 0.296. The molecule has 0 amide bonds. The standard InChI is InChI=1S/C28H28F4N2O2/c1-17-10-21(23-11-28(23,31)32)22(20-6-8-33-25(17)20)13-34-9-7-26(14-27(29,30)15-26)12-24(34)18-2-4-19(5-3-18)36-16-35/h2-6,8,10,16,23-24,33H,7,9,11-15H2,1H3/t23?,24-/m0/s1. The van der Waals surface area contributed by atoms with Crippen LogP contribution in [-0.2, 0) is 11.3 Å². The Morgan fingerprint density at radius 1 is 1.11 bits per heavy atom. The largest absolute Gasteiger partial charge is 0.429 e. The number of piperidine rings is 1. The number of ether oxygens (including phenoxy) is 1. The molecule has 3 fully saturated rings. The van der Waals surface area contributed by atoms with E-state index in [4.69, 9.17) is 4.74 Å². The molecule has 6 rings (SSSR count). The van der Waals surface area contributed by atoms with Crippen molar-refractivity contribution >= 4 is 17.4 Å². The van der Waals surface area contributed by atoms with Crippen molar-refractivity contribution < 1.29 is 27.1 Å². The molecule has 1 unspecified atom stereocenters. The molecule has 2 saturated carbocycles. The monoisotopic (exact) mass is 500 g/mol. The van der Waals surface area contributed by atoms with Crippen LogP contribution in [-0.4, -0.2) is 34.7 Å². The summed E-state index contributed by atoms with van der Waals surface area (Å²) >= 11 is 0. The fraction of sp³-hybridized carbons (Fsp3) is 0.464. The minimum Gasteiger partial charge on any atom is -0.429 e. The fourth-order valence-electron chi connectivity index (χ4n) is 6.62. The first kappa shape index (κ1) is 23.5. The summed E-state index contributed by atoms with van der Waals surface area (Å²) in [5.41, 5.74) is 3.99. The number of carbonyl (C=O) groups is 1. The van der Waals surface area contributed by atoms with Crippen molar-refractivity contribution in [2.45, 2.75) is 69.4 Å². The summed E-state index contributed by atoms with van der Waals surface area (Å²) in [7, 11) is 0. The molecule has 2 atom stereocenters. The first-order chi connectivity index (χ1) is 17.1. The molecule has 36 heavy (non-hydrogen) atoms. The van der Waals surface area contributed by atoms with Crippen molar-refractivity contribution in [1.29, 1.82) is 0 Å². The number of hydrogen-bond donors (Lipinski definition) is 1. The van der Waals surface area contributed by atoms with Crippen LogP contribution in [0.4, 0.5) is 17.6 Å². The molecule has 8 heteroatoms. The van der Waals surface area contributed by atoms with E-state index in [-0.39, 0.29) is 25.3 Å². The van der Waals surface area contributed by atoms with E-state index in [9.17, 15) is 22.4 Å². The summed E-state index contributed by atoms with van der Waals surface area (Å²) in [6, 6.07) is 10.8. The maximum atomic E-state index is 14.2. The number of alkyl halides is 4. The molecule has 1 spiro atoms. The number of aromatic amines is 1. The van der Waals surface area contributed by atoms with E-state index >= 15 is 0 Å². The van der Waals surface area contributed by atoms with E-state index < -0.39 is 23.2 Å². The molecule has 2 aromatic carbocycles. The molecule has 2 aliphatic carbocycles. The van der Waals surface area contributed by atoms with Crippen molar-refractivity contribution in [3.63, 3.8) is 0 Å². The zero-order chi connectivity index (χ0) is 25.3. The predicted octanol–water partition coefficient (Wildman–Crippen LogP) is 6.89. The summed E-state index contributed by atoms with van der Waals surface area (Å²) in [6.07, 6.45) is 2.71. The highest BCUT2D eigenvalue weighted by Crippen LogP contribution is 2.61. The second kappa shape index (κ2) is 8.07. The summed E-state index contributed by atoms with van der Waals surface area (Å²) in [5.74, 6) is -5.69. The molecular weight excluding hydrogens is 472 g/mol. The number of fused-ring (bicyclic) bond motifs is 1. The van der Waals surface area contributed by atoms with Gasteiger partial charge >= 0.3 is 0 Å². The minimum atomic E-state index is -2.69. The van der Waals surface area contributed by atoms with E-state index in [1.54, 1.807) is 12.1 Å². The number of halogens is 4. The van der Waals surface area contributed by atoms with E-state index in [1.165, 1.54) is 0 Å².